The standard InChI is InChI=1S/C11H15F2NO/c1-8(14)5-9-3-2-4-10(6-9)15-7-11(12)13/h2-4,6,8,11H,5,7,14H2,1H3. The molecule has 0 aliphatic heterocycles. The first-order valence-electron chi connectivity index (χ1n) is 4.83. The molecule has 15 heavy (non-hydrogen) atoms. The van der Waals surface area contributed by atoms with Gasteiger partial charge in [0.05, 0.1) is 0 Å². The van der Waals surface area contributed by atoms with E-state index in [1.165, 1.54) is 0 Å². The monoisotopic (exact) mass is 215 g/mol. The first kappa shape index (κ1) is 11.9. The normalized spacial score (nSPS) is 12.9. The van der Waals surface area contributed by atoms with E-state index in [9.17, 15) is 8.78 Å². The molecule has 0 aliphatic rings. The number of alkyl halides is 2. The van der Waals surface area contributed by atoms with Gasteiger partial charge in [-0.1, -0.05) is 12.1 Å². The van der Waals surface area contributed by atoms with Crippen LogP contribution in [0.25, 0.3) is 0 Å². The number of halogens is 2. The number of ether oxygens (including phenoxy) is 1. The molecule has 0 bridgehead atoms. The highest BCUT2D eigenvalue weighted by molar-refractivity contribution is 5.29. The predicted octanol–water partition coefficient (Wildman–Crippen LogP) is 2.22. The zero-order valence-electron chi connectivity index (χ0n) is 8.62. The van der Waals surface area contributed by atoms with E-state index in [2.05, 4.69) is 0 Å². The third kappa shape index (κ3) is 4.74. The maximum absolute atomic E-state index is 11.9. The minimum Gasteiger partial charge on any atom is -0.488 e. The van der Waals surface area contributed by atoms with Gasteiger partial charge in [-0.2, -0.15) is 0 Å². The molecule has 1 rings (SSSR count). The maximum atomic E-state index is 11.9. The summed E-state index contributed by atoms with van der Waals surface area (Å²) in [5, 5.41) is 0. The fourth-order valence-electron chi connectivity index (χ4n) is 1.29. The second kappa shape index (κ2) is 5.66. The van der Waals surface area contributed by atoms with E-state index in [1.54, 1.807) is 18.2 Å². The lowest BCUT2D eigenvalue weighted by Crippen LogP contribution is -2.17. The minimum atomic E-state index is -2.44. The topological polar surface area (TPSA) is 35.2 Å². The van der Waals surface area contributed by atoms with Crippen LogP contribution in [0, 0.1) is 0 Å². The van der Waals surface area contributed by atoms with Gasteiger partial charge in [-0.3, -0.25) is 0 Å². The van der Waals surface area contributed by atoms with Crippen LogP contribution < -0.4 is 10.5 Å². The summed E-state index contributed by atoms with van der Waals surface area (Å²) in [6, 6.07) is 7.13. The largest absolute Gasteiger partial charge is 0.488 e. The van der Waals surface area contributed by atoms with Crippen molar-refractivity contribution in [1.29, 1.82) is 0 Å². The van der Waals surface area contributed by atoms with Crippen LogP contribution in [-0.2, 0) is 6.42 Å². The van der Waals surface area contributed by atoms with Crippen molar-refractivity contribution in [3.63, 3.8) is 0 Å². The van der Waals surface area contributed by atoms with Crippen molar-refractivity contribution < 1.29 is 13.5 Å². The average molecular weight is 215 g/mol. The summed E-state index contributed by atoms with van der Waals surface area (Å²) in [7, 11) is 0. The zero-order chi connectivity index (χ0) is 11.3. The van der Waals surface area contributed by atoms with Gasteiger partial charge < -0.3 is 10.5 Å². The molecule has 1 aromatic carbocycles. The molecule has 1 atom stereocenters. The molecule has 0 heterocycles. The highest BCUT2D eigenvalue weighted by Crippen LogP contribution is 2.15. The summed E-state index contributed by atoms with van der Waals surface area (Å²) >= 11 is 0. The van der Waals surface area contributed by atoms with Crippen LogP contribution in [0.2, 0.25) is 0 Å². The lowest BCUT2D eigenvalue weighted by atomic mass is 10.1. The van der Waals surface area contributed by atoms with Gasteiger partial charge in [0.15, 0.2) is 0 Å². The van der Waals surface area contributed by atoms with E-state index in [4.69, 9.17) is 10.5 Å². The molecule has 2 N–H and O–H groups in total. The molecule has 1 aromatic rings. The molecule has 0 saturated heterocycles. The summed E-state index contributed by atoms with van der Waals surface area (Å²) in [5.74, 6) is 0.466. The van der Waals surface area contributed by atoms with Crippen molar-refractivity contribution in [3.8, 4) is 5.75 Å². The molecular weight excluding hydrogens is 200 g/mol. The van der Waals surface area contributed by atoms with Gasteiger partial charge >= 0.3 is 0 Å². The molecule has 0 radical (unpaired) electrons. The maximum Gasteiger partial charge on any atom is 0.272 e. The van der Waals surface area contributed by atoms with E-state index in [0.29, 0.717) is 12.2 Å². The molecular formula is C11H15F2NO. The highest BCUT2D eigenvalue weighted by Gasteiger charge is 2.04. The third-order valence-electron chi connectivity index (χ3n) is 1.83. The van der Waals surface area contributed by atoms with Crippen LogP contribution in [-0.4, -0.2) is 19.1 Å². The average Bonchev–Trinajstić information content (AvgIpc) is 2.14. The van der Waals surface area contributed by atoms with Gasteiger partial charge in [0.2, 0.25) is 0 Å². The van der Waals surface area contributed by atoms with Crippen molar-refractivity contribution in [2.75, 3.05) is 6.61 Å². The van der Waals surface area contributed by atoms with Crippen LogP contribution in [0.5, 0.6) is 5.75 Å². The number of benzene rings is 1. The Hall–Kier alpha value is -1.16. The van der Waals surface area contributed by atoms with Crippen molar-refractivity contribution in [2.24, 2.45) is 5.73 Å². The summed E-state index contributed by atoms with van der Waals surface area (Å²) in [6.45, 7) is 1.33. The number of hydrogen-bond donors (Lipinski definition) is 1. The molecule has 0 aliphatic carbocycles. The molecule has 84 valence electrons. The van der Waals surface area contributed by atoms with Crippen LogP contribution in [0.1, 0.15) is 12.5 Å². The van der Waals surface area contributed by atoms with Crippen LogP contribution in [0.15, 0.2) is 24.3 Å². The van der Waals surface area contributed by atoms with Gasteiger partial charge in [0, 0.05) is 6.04 Å². The van der Waals surface area contributed by atoms with Crippen molar-refractivity contribution >= 4 is 0 Å². The molecule has 0 saturated carbocycles. The first-order chi connectivity index (χ1) is 7.08. The van der Waals surface area contributed by atoms with E-state index in [0.717, 1.165) is 5.56 Å². The van der Waals surface area contributed by atoms with E-state index >= 15 is 0 Å². The summed E-state index contributed by atoms with van der Waals surface area (Å²) < 4.78 is 28.7. The summed E-state index contributed by atoms with van der Waals surface area (Å²) in [5.41, 5.74) is 6.63. The quantitative estimate of drug-likeness (QED) is 0.817. The molecule has 1 unspecified atom stereocenters. The first-order valence-corrected chi connectivity index (χ1v) is 4.83. The fraction of sp³-hybridized carbons (Fsp3) is 0.455. The zero-order valence-corrected chi connectivity index (χ0v) is 8.62. The molecule has 0 fully saturated rings. The van der Waals surface area contributed by atoms with E-state index in [-0.39, 0.29) is 6.04 Å². The number of rotatable bonds is 5. The SMILES string of the molecule is CC(N)Cc1cccc(OCC(F)F)c1. The Morgan fingerprint density at radius 2 is 2.13 bits per heavy atom. The van der Waals surface area contributed by atoms with Gasteiger partial charge in [0.1, 0.15) is 12.4 Å². The van der Waals surface area contributed by atoms with Crippen molar-refractivity contribution in [1.82, 2.24) is 0 Å². The smallest absolute Gasteiger partial charge is 0.272 e. The molecule has 0 amide bonds. The molecule has 4 heteroatoms. The number of hydrogen-bond acceptors (Lipinski definition) is 2. The molecule has 0 spiro atoms. The van der Waals surface area contributed by atoms with Gasteiger partial charge in [-0.25, -0.2) is 8.78 Å². The Morgan fingerprint density at radius 1 is 1.40 bits per heavy atom. The van der Waals surface area contributed by atoms with Gasteiger partial charge in [-0.15, -0.1) is 0 Å². The second-order valence-corrected chi connectivity index (χ2v) is 3.53. The molecule has 0 aromatic heterocycles. The predicted molar refractivity (Wildman–Crippen MR) is 55.3 cm³/mol. The summed E-state index contributed by atoms with van der Waals surface area (Å²) in [6.07, 6.45) is -1.73. The van der Waals surface area contributed by atoms with Crippen molar-refractivity contribution in [2.45, 2.75) is 25.8 Å². The van der Waals surface area contributed by atoms with Crippen molar-refractivity contribution in [3.05, 3.63) is 29.8 Å². The Morgan fingerprint density at radius 3 is 2.73 bits per heavy atom. The van der Waals surface area contributed by atoms with Gasteiger partial charge in [-0.05, 0) is 31.0 Å². The Balaban J connectivity index is 2.57. The Kier molecular flexibility index (Phi) is 4.49. The second-order valence-electron chi connectivity index (χ2n) is 3.53. The van der Waals surface area contributed by atoms with E-state index < -0.39 is 13.0 Å². The third-order valence-corrected chi connectivity index (χ3v) is 1.83. The Bertz CT molecular complexity index is 302. The highest BCUT2D eigenvalue weighted by atomic mass is 19.3. The molecule has 2 nitrogen and oxygen atoms in total. The van der Waals surface area contributed by atoms with Gasteiger partial charge in [0.25, 0.3) is 6.43 Å². The number of nitrogens with two attached hydrogens (primary N) is 1. The van der Waals surface area contributed by atoms with E-state index in [1.807, 2.05) is 13.0 Å². The van der Waals surface area contributed by atoms with Crippen LogP contribution in [0.3, 0.4) is 0 Å². The summed E-state index contributed by atoms with van der Waals surface area (Å²) in [4.78, 5) is 0. The minimum absolute atomic E-state index is 0.0512. The Labute approximate surface area is 88.0 Å². The lowest BCUT2D eigenvalue weighted by Gasteiger charge is -2.08. The fourth-order valence-corrected chi connectivity index (χ4v) is 1.29. The van der Waals surface area contributed by atoms with Crippen LogP contribution >= 0.6 is 0 Å². The van der Waals surface area contributed by atoms with Crippen LogP contribution in [0.4, 0.5) is 8.78 Å². The lowest BCUT2D eigenvalue weighted by molar-refractivity contribution is 0.0818.